The molecule has 0 radical (unpaired) electrons. The SMILES string of the molecule is CCC(CC)n1ccc(CNc2ccc(C)cc2C)n1. The largest absolute Gasteiger partial charge is 0.379 e. The maximum atomic E-state index is 4.67. The summed E-state index contributed by atoms with van der Waals surface area (Å²) in [6, 6.07) is 9.10. The number of benzene rings is 1. The van der Waals surface area contributed by atoms with Crippen molar-refractivity contribution in [1.82, 2.24) is 9.78 Å². The molecule has 108 valence electrons. The summed E-state index contributed by atoms with van der Waals surface area (Å²) in [5.74, 6) is 0. The van der Waals surface area contributed by atoms with Gasteiger partial charge in [0.05, 0.1) is 18.3 Å². The minimum absolute atomic E-state index is 0.518. The van der Waals surface area contributed by atoms with Gasteiger partial charge in [0.2, 0.25) is 0 Å². The maximum absolute atomic E-state index is 4.67. The van der Waals surface area contributed by atoms with Crippen LogP contribution in [0.5, 0.6) is 0 Å². The Balaban J connectivity index is 2.00. The predicted octanol–water partition coefficient (Wildman–Crippen LogP) is 4.47. The van der Waals surface area contributed by atoms with Crippen LogP contribution in [-0.4, -0.2) is 9.78 Å². The smallest absolute Gasteiger partial charge is 0.0815 e. The van der Waals surface area contributed by atoms with Gasteiger partial charge in [-0.05, 0) is 44.4 Å². The number of hydrogen-bond donors (Lipinski definition) is 1. The monoisotopic (exact) mass is 271 g/mol. The molecule has 3 heteroatoms. The molecule has 0 saturated heterocycles. The first-order chi connectivity index (χ1) is 9.63. The molecule has 1 aromatic carbocycles. The lowest BCUT2D eigenvalue weighted by Gasteiger charge is -2.12. The number of nitrogens with one attached hydrogen (secondary N) is 1. The van der Waals surface area contributed by atoms with Gasteiger partial charge in [-0.2, -0.15) is 5.10 Å². The normalized spacial score (nSPS) is 11.1. The fourth-order valence-corrected chi connectivity index (χ4v) is 2.54. The molecular formula is C17H25N3. The Kier molecular flexibility index (Phi) is 4.83. The van der Waals surface area contributed by atoms with Crippen molar-refractivity contribution in [3.63, 3.8) is 0 Å². The van der Waals surface area contributed by atoms with Crippen molar-refractivity contribution in [3.05, 3.63) is 47.3 Å². The Labute approximate surface area is 122 Å². The highest BCUT2D eigenvalue weighted by Gasteiger charge is 2.08. The molecule has 0 bridgehead atoms. The van der Waals surface area contributed by atoms with Crippen LogP contribution in [0, 0.1) is 13.8 Å². The van der Waals surface area contributed by atoms with E-state index in [9.17, 15) is 0 Å². The van der Waals surface area contributed by atoms with Crippen molar-refractivity contribution in [2.45, 2.75) is 53.1 Å². The number of aromatic nitrogens is 2. The zero-order chi connectivity index (χ0) is 14.5. The highest BCUT2D eigenvalue weighted by atomic mass is 15.3. The third kappa shape index (κ3) is 3.41. The van der Waals surface area contributed by atoms with Gasteiger partial charge in [0, 0.05) is 11.9 Å². The van der Waals surface area contributed by atoms with Gasteiger partial charge < -0.3 is 5.32 Å². The second-order valence-corrected chi connectivity index (χ2v) is 5.43. The molecule has 1 aromatic heterocycles. The molecule has 0 spiro atoms. The molecule has 0 saturated carbocycles. The Morgan fingerprint density at radius 1 is 1.15 bits per heavy atom. The minimum atomic E-state index is 0.518. The minimum Gasteiger partial charge on any atom is -0.379 e. The van der Waals surface area contributed by atoms with Gasteiger partial charge in [-0.1, -0.05) is 31.5 Å². The number of rotatable bonds is 6. The third-order valence-electron chi connectivity index (χ3n) is 3.82. The van der Waals surface area contributed by atoms with Crippen LogP contribution in [0.25, 0.3) is 0 Å². The summed E-state index contributed by atoms with van der Waals surface area (Å²) in [6.45, 7) is 9.45. The van der Waals surface area contributed by atoms with Gasteiger partial charge in [-0.3, -0.25) is 4.68 Å². The van der Waals surface area contributed by atoms with E-state index in [2.05, 4.69) is 73.3 Å². The van der Waals surface area contributed by atoms with E-state index >= 15 is 0 Å². The molecule has 2 aromatic rings. The fraction of sp³-hybridized carbons (Fsp3) is 0.471. The van der Waals surface area contributed by atoms with Crippen molar-refractivity contribution in [2.24, 2.45) is 0 Å². The summed E-state index contributed by atoms with van der Waals surface area (Å²) in [6.07, 6.45) is 4.35. The molecule has 1 N–H and O–H groups in total. The van der Waals surface area contributed by atoms with Crippen LogP contribution < -0.4 is 5.32 Å². The summed E-state index contributed by atoms with van der Waals surface area (Å²) in [5.41, 5.74) is 4.86. The van der Waals surface area contributed by atoms with E-state index in [1.165, 1.54) is 16.8 Å². The van der Waals surface area contributed by atoms with Gasteiger partial charge in [-0.15, -0.1) is 0 Å². The summed E-state index contributed by atoms with van der Waals surface area (Å²) in [4.78, 5) is 0. The summed E-state index contributed by atoms with van der Waals surface area (Å²) in [5, 5.41) is 8.14. The topological polar surface area (TPSA) is 29.9 Å². The molecule has 2 rings (SSSR count). The zero-order valence-corrected chi connectivity index (χ0v) is 13.0. The predicted molar refractivity (Wildman–Crippen MR) is 85.1 cm³/mol. The van der Waals surface area contributed by atoms with E-state index in [4.69, 9.17) is 0 Å². The molecule has 0 atom stereocenters. The number of nitrogens with zero attached hydrogens (tertiary/aromatic N) is 2. The third-order valence-corrected chi connectivity index (χ3v) is 3.82. The lowest BCUT2D eigenvalue weighted by atomic mass is 10.1. The molecule has 0 unspecified atom stereocenters. The highest BCUT2D eigenvalue weighted by molar-refractivity contribution is 5.51. The molecule has 0 aliphatic heterocycles. The quantitative estimate of drug-likeness (QED) is 0.840. The van der Waals surface area contributed by atoms with E-state index in [-0.39, 0.29) is 0 Å². The van der Waals surface area contributed by atoms with E-state index < -0.39 is 0 Å². The Morgan fingerprint density at radius 2 is 1.90 bits per heavy atom. The summed E-state index contributed by atoms with van der Waals surface area (Å²) in [7, 11) is 0. The average molecular weight is 271 g/mol. The Bertz CT molecular complexity index is 553. The summed E-state index contributed by atoms with van der Waals surface area (Å²) >= 11 is 0. The lowest BCUT2D eigenvalue weighted by Crippen LogP contribution is -2.09. The number of anilines is 1. The first-order valence-corrected chi connectivity index (χ1v) is 7.49. The Morgan fingerprint density at radius 3 is 2.55 bits per heavy atom. The molecule has 0 amide bonds. The second kappa shape index (κ2) is 6.60. The van der Waals surface area contributed by atoms with Crippen molar-refractivity contribution < 1.29 is 0 Å². The molecule has 0 fully saturated rings. The van der Waals surface area contributed by atoms with Crippen molar-refractivity contribution in [2.75, 3.05) is 5.32 Å². The standard InChI is InChI=1S/C17H25N3/c1-5-16(6-2)20-10-9-15(19-20)12-18-17-8-7-13(3)11-14(17)4/h7-11,16,18H,5-6,12H2,1-4H3. The average Bonchev–Trinajstić information content (AvgIpc) is 2.88. The van der Waals surface area contributed by atoms with Gasteiger partial charge >= 0.3 is 0 Å². The Hall–Kier alpha value is -1.77. The van der Waals surface area contributed by atoms with Crippen LogP contribution in [0.3, 0.4) is 0 Å². The van der Waals surface area contributed by atoms with Crippen molar-refractivity contribution in [3.8, 4) is 0 Å². The van der Waals surface area contributed by atoms with E-state index in [1.54, 1.807) is 0 Å². The second-order valence-electron chi connectivity index (χ2n) is 5.43. The van der Waals surface area contributed by atoms with Crippen LogP contribution in [0.4, 0.5) is 5.69 Å². The van der Waals surface area contributed by atoms with E-state index in [0.29, 0.717) is 6.04 Å². The van der Waals surface area contributed by atoms with Crippen LogP contribution in [-0.2, 0) is 6.54 Å². The summed E-state index contributed by atoms with van der Waals surface area (Å²) < 4.78 is 2.10. The van der Waals surface area contributed by atoms with Crippen LogP contribution >= 0.6 is 0 Å². The van der Waals surface area contributed by atoms with Crippen molar-refractivity contribution in [1.29, 1.82) is 0 Å². The van der Waals surface area contributed by atoms with Gasteiger partial charge in [0.15, 0.2) is 0 Å². The van der Waals surface area contributed by atoms with E-state index in [0.717, 1.165) is 25.1 Å². The van der Waals surface area contributed by atoms with E-state index in [1.807, 2.05) is 0 Å². The van der Waals surface area contributed by atoms with Gasteiger partial charge in [0.25, 0.3) is 0 Å². The molecule has 3 nitrogen and oxygen atoms in total. The molecular weight excluding hydrogens is 246 g/mol. The first-order valence-electron chi connectivity index (χ1n) is 7.49. The zero-order valence-electron chi connectivity index (χ0n) is 13.0. The van der Waals surface area contributed by atoms with Gasteiger partial charge in [-0.25, -0.2) is 0 Å². The van der Waals surface area contributed by atoms with Crippen LogP contribution in [0.15, 0.2) is 30.5 Å². The molecule has 20 heavy (non-hydrogen) atoms. The molecule has 0 aliphatic rings. The molecule has 1 heterocycles. The first kappa shape index (κ1) is 14.6. The highest BCUT2D eigenvalue weighted by Crippen LogP contribution is 2.18. The van der Waals surface area contributed by atoms with Crippen LogP contribution in [0.2, 0.25) is 0 Å². The molecule has 0 aliphatic carbocycles. The number of hydrogen-bond acceptors (Lipinski definition) is 2. The van der Waals surface area contributed by atoms with Crippen molar-refractivity contribution >= 4 is 5.69 Å². The van der Waals surface area contributed by atoms with Gasteiger partial charge in [0.1, 0.15) is 0 Å². The lowest BCUT2D eigenvalue weighted by molar-refractivity contribution is 0.426. The number of aryl methyl sites for hydroxylation is 2. The van der Waals surface area contributed by atoms with Crippen LogP contribution in [0.1, 0.15) is 49.6 Å². The maximum Gasteiger partial charge on any atom is 0.0815 e. The fourth-order valence-electron chi connectivity index (χ4n) is 2.54.